The molecule has 6 heteroatoms. The summed E-state index contributed by atoms with van der Waals surface area (Å²) in [6.07, 6.45) is 0. The molecule has 0 aliphatic rings. The maximum atomic E-state index is 0. The third-order valence-electron chi connectivity index (χ3n) is 0. The van der Waals surface area contributed by atoms with E-state index in [1.54, 1.807) is 0 Å². The molecule has 0 aromatic heterocycles. The summed E-state index contributed by atoms with van der Waals surface area (Å²) in [5.41, 5.74) is 0. The Balaban J connectivity index is 0. The van der Waals surface area contributed by atoms with E-state index in [-0.39, 0.29) is 89.1 Å². The van der Waals surface area contributed by atoms with Gasteiger partial charge < -0.3 is 0 Å². The zero-order valence-corrected chi connectivity index (χ0v) is 5.38. The van der Waals surface area contributed by atoms with Gasteiger partial charge in [0.25, 0.3) is 0 Å². The Morgan fingerprint density at radius 2 is 0.500 bits per heavy atom. The molecule has 0 rings (SSSR count). The summed E-state index contributed by atoms with van der Waals surface area (Å²) >= 11 is 0. The van der Waals surface area contributed by atoms with Gasteiger partial charge in [0.05, 0.1) is 0 Å². The molecular formula is H16B4NaSc. The van der Waals surface area contributed by atoms with Gasteiger partial charge in [0.1, 0.15) is 0 Å². The van der Waals surface area contributed by atoms with Crippen LogP contribution in [-0.2, 0) is 25.8 Å². The largest absolute Gasteiger partial charge is 3.00 e. The van der Waals surface area contributed by atoms with Crippen molar-refractivity contribution in [3.8, 4) is 0 Å². The Labute approximate surface area is 88.0 Å². The minimum Gasteiger partial charge on any atom is -0.0626 e. The van der Waals surface area contributed by atoms with Crippen molar-refractivity contribution in [2.24, 2.45) is 0 Å². The summed E-state index contributed by atoms with van der Waals surface area (Å²) in [7, 11) is 0. The molecule has 0 N–H and O–H groups in total. The van der Waals surface area contributed by atoms with Gasteiger partial charge in [-0.1, -0.05) is 33.7 Å². The average molecular weight is 127 g/mol. The zero-order valence-electron chi connectivity index (χ0n) is 1.58. The normalized spacial score (nSPS) is 0. The molecule has 0 bridgehead atoms. The molecule has 0 aromatic carbocycles. The summed E-state index contributed by atoms with van der Waals surface area (Å²) in [6.45, 7) is 0. The Morgan fingerprint density at radius 1 is 0.500 bits per heavy atom. The first-order valence-electron chi connectivity index (χ1n) is 0. The quantitative estimate of drug-likeness (QED) is 0.284. The van der Waals surface area contributed by atoms with E-state index in [1.165, 1.54) is 0 Å². The average Bonchev–Trinajstić information content (AvgIpc) is 0. The van der Waals surface area contributed by atoms with Crippen molar-refractivity contribution < 1.29 is 55.4 Å². The molecule has 0 heterocycles. The SMILES string of the molecule is [BH4-].[BH4-].[BH4-].[BH4-].[Na+].[Sc+3]. The molecule has 0 saturated carbocycles. The van der Waals surface area contributed by atoms with Gasteiger partial charge in [0.15, 0.2) is 0 Å². The molecule has 0 atom stereocenters. The second-order valence-corrected chi connectivity index (χ2v) is 0. The van der Waals surface area contributed by atoms with Crippen LogP contribution < -0.4 is 29.6 Å². The van der Waals surface area contributed by atoms with Crippen LogP contribution in [0.25, 0.3) is 0 Å². The minimum atomic E-state index is 0. The Hall–Kier alpha value is 2.13. The van der Waals surface area contributed by atoms with Gasteiger partial charge in [-0.25, -0.2) is 0 Å². The molecule has 0 aliphatic carbocycles. The standard InChI is InChI=1S/4BH4.Na.Sc/h4*1H4;;/q4*-1;+1;+3. The van der Waals surface area contributed by atoms with Crippen LogP contribution in [0.3, 0.4) is 0 Å². The Kier molecular flexibility index (Phi) is 897. The van der Waals surface area contributed by atoms with Crippen LogP contribution in [0.2, 0.25) is 0 Å². The molecule has 0 amide bonds. The topological polar surface area (TPSA) is 0 Å². The van der Waals surface area contributed by atoms with Crippen molar-refractivity contribution in [3.63, 3.8) is 0 Å². The van der Waals surface area contributed by atoms with E-state index in [2.05, 4.69) is 0 Å². The maximum absolute atomic E-state index is 0. The third kappa shape index (κ3) is 35.6. The monoisotopic (exact) mass is 128 g/mol. The van der Waals surface area contributed by atoms with E-state index in [9.17, 15) is 0 Å². The Bertz CT molecular complexity index is 7.51. The maximum Gasteiger partial charge on any atom is 3.00 e. The first-order chi connectivity index (χ1) is 0. The fraction of sp³-hybridized carbons (Fsp3) is 0. The first kappa shape index (κ1) is 91.1. The van der Waals surface area contributed by atoms with Crippen molar-refractivity contribution in [2.45, 2.75) is 0 Å². The molecule has 0 saturated heterocycles. The molecule has 6 heavy (non-hydrogen) atoms. The van der Waals surface area contributed by atoms with Crippen molar-refractivity contribution in [1.82, 2.24) is 0 Å². The molecule has 0 fully saturated rings. The van der Waals surface area contributed by atoms with Crippen molar-refractivity contribution in [1.29, 1.82) is 0 Å². The van der Waals surface area contributed by atoms with E-state index < -0.39 is 0 Å². The molecule has 0 spiro atoms. The molecule has 0 unspecified atom stereocenters. The summed E-state index contributed by atoms with van der Waals surface area (Å²) in [5, 5.41) is 0. The van der Waals surface area contributed by atoms with Gasteiger partial charge in [-0.2, -0.15) is 0 Å². The second-order valence-electron chi connectivity index (χ2n) is 0. The smallest absolute Gasteiger partial charge is 0.0626 e. The van der Waals surface area contributed by atoms with Crippen molar-refractivity contribution >= 4 is 33.7 Å². The summed E-state index contributed by atoms with van der Waals surface area (Å²) in [4.78, 5) is 0. The number of rotatable bonds is 0. The van der Waals surface area contributed by atoms with Crippen molar-refractivity contribution in [2.75, 3.05) is 0 Å². The van der Waals surface area contributed by atoms with E-state index in [1.807, 2.05) is 0 Å². The molecule has 0 nitrogen and oxygen atoms in total. The van der Waals surface area contributed by atoms with Crippen LogP contribution in [0, 0.1) is 0 Å². The predicted molar refractivity (Wildman–Crippen MR) is 45.3 cm³/mol. The zero-order chi connectivity index (χ0) is 0. The van der Waals surface area contributed by atoms with Gasteiger partial charge in [0.2, 0.25) is 0 Å². The molecule has 32 valence electrons. The van der Waals surface area contributed by atoms with Crippen LogP contribution in [0.1, 0.15) is 0 Å². The summed E-state index contributed by atoms with van der Waals surface area (Å²) in [5.74, 6) is 0. The van der Waals surface area contributed by atoms with Gasteiger partial charge in [-0.15, -0.1) is 0 Å². The number of hydrogen-bond acceptors (Lipinski definition) is 0. The van der Waals surface area contributed by atoms with Gasteiger partial charge in [-0.3, -0.25) is 0 Å². The predicted octanol–water partition coefficient (Wildman–Crippen LogP) is -8.80. The molecular weight excluding hydrogens is 111 g/mol. The summed E-state index contributed by atoms with van der Waals surface area (Å²) < 4.78 is 0. The summed E-state index contributed by atoms with van der Waals surface area (Å²) in [6, 6.07) is 0. The van der Waals surface area contributed by atoms with Gasteiger partial charge in [-0.05, 0) is 0 Å². The van der Waals surface area contributed by atoms with E-state index in [4.69, 9.17) is 0 Å². The van der Waals surface area contributed by atoms with Gasteiger partial charge >= 0.3 is 55.4 Å². The molecule has 0 aromatic rings. The van der Waals surface area contributed by atoms with Crippen LogP contribution >= 0.6 is 0 Å². The van der Waals surface area contributed by atoms with Gasteiger partial charge in [0, 0.05) is 0 Å². The fourth-order valence-corrected chi connectivity index (χ4v) is 0. The minimum absolute atomic E-state index is 0. The van der Waals surface area contributed by atoms with E-state index in [0.29, 0.717) is 0 Å². The van der Waals surface area contributed by atoms with E-state index in [0.717, 1.165) is 0 Å². The van der Waals surface area contributed by atoms with E-state index >= 15 is 0 Å². The third-order valence-corrected chi connectivity index (χ3v) is 0. The van der Waals surface area contributed by atoms with Crippen molar-refractivity contribution in [3.05, 3.63) is 0 Å². The number of hydrogen-bond donors (Lipinski definition) is 0. The molecule has 0 aliphatic heterocycles. The fourth-order valence-electron chi connectivity index (χ4n) is 0. The van der Waals surface area contributed by atoms with Crippen LogP contribution in [0.5, 0.6) is 0 Å². The Morgan fingerprint density at radius 3 is 0.500 bits per heavy atom. The second kappa shape index (κ2) is 59.1. The molecule has 0 radical (unpaired) electrons. The first-order valence-corrected chi connectivity index (χ1v) is 0. The van der Waals surface area contributed by atoms with Crippen LogP contribution in [0.4, 0.5) is 0 Å². The van der Waals surface area contributed by atoms with Crippen LogP contribution in [-0.4, -0.2) is 33.7 Å². The van der Waals surface area contributed by atoms with Crippen LogP contribution in [0.15, 0.2) is 0 Å².